The molecule has 0 radical (unpaired) electrons. The van der Waals surface area contributed by atoms with Gasteiger partial charge in [-0.15, -0.1) is 6.58 Å². The minimum atomic E-state index is 1.10. The van der Waals surface area contributed by atoms with E-state index < -0.39 is 0 Å². The summed E-state index contributed by atoms with van der Waals surface area (Å²) in [5, 5.41) is 0. The van der Waals surface area contributed by atoms with Crippen LogP contribution in [0.2, 0.25) is 0 Å². The molecule has 0 aliphatic carbocycles. The van der Waals surface area contributed by atoms with Gasteiger partial charge in [0.15, 0.2) is 0 Å². The summed E-state index contributed by atoms with van der Waals surface area (Å²) in [6, 6.07) is 0. The highest BCUT2D eigenvalue weighted by Crippen LogP contribution is 1.91. The van der Waals surface area contributed by atoms with Gasteiger partial charge >= 0.3 is 0 Å². The molecule has 2 nitrogen and oxygen atoms in total. The third kappa shape index (κ3) is 7.76. The second kappa shape index (κ2) is 7.32. The van der Waals surface area contributed by atoms with E-state index in [1.54, 1.807) is 0 Å². The van der Waals surface area contributed by atoms with Gasteiger partial charge in [-0.1, -0.05) is 6.08 Å². The summed E-state index contributed by atoms with van der Waals surface area (Å²) in [6.07, 6.45) is 4.32. The first kappa shape index (κ1) is 11.7. The molecule has 0 atom stereocenters. The summed E-state index contributed by atoms with van der Waals surface area (Å²) in [6.45, 7) is 7.21. The second-order valence-corrected chi connectivity index (χ2v) is 3.54. The lowest BCUT2D eigenvalue weighted by Gasteiger charge is -2.16. The summed E-state index contributed by atoms with van der Waals surface area (Å²) in [5.74, 6) is 0. The third-order valence-corrected chi connectivity index (χ3v) is 1.86. The molecule has 2 heteroatoms. The van der Waals surface area contributed by atoms with Crippen LogP contribution in [0.25, 0.3) is 0 Å². The Bertz CT molecular complexity index is 110. The zero-order valence-corrected chi connectivity index (χ0v) is 8.71. The number of nitrogens with zero attached hydrogens (tertiary/aromatic N) is 2. The molecule has 0 aromatic carbocycles. The van der Waals surface area contributed by atoms with Crippen molar-refractivity contribution in [1.82, 2.24) is 9.80 Å². The number of hydrogen-bond donors (Lipinski definition) is 0. The first-order valence-electron chi connectivity index (χ1n) is 4.61. The van der Waals surface area contributed by atoms with Crippen LogP contribution in [0.15, 0.2) is 12.7 Å². The lowest BCUT2D eigenvalue weighted by molar-refractivity contribution is 0.305. The monoisotopic (exact) mass is 170 g/mol. The Morgan fingerprint density at radius 1 is 1.08 bits per heavy atom. The topological polar surface area (TPSA) is 6.48 Å². The molecule has 12 heavy (non-hydrogen) atoms. The second-order valence-electron chi connectivity index (χ2n) is 3.54. The van der Waals surface area contributed by atoms with Crippen LogP contribution in [-0.4, -0.2) is 50.6 Å². The van der Waals surface area contributed by atoms with Gasteiger partial charge in [-0.3, -0.25) is 0 Å². The van der Waals surface area contributed by atoms with Gasteiger partial charge < -0.3 is 9.80 Å². The summed E-state index contributed by atoms with van der Waals surface area (Å²) < 4.78 is 0. The van der Waals surface area contributed by atoms with Crippen molar-refractivity contribution in [3.05, 3.63) is 12.7 Å². The van der Waals surface area contributed by atoms with Crippen molar-refractivity contribution in [2.45, 2.75) is 12.8 Å². The Balaban J connectivity index is 3.18. The van der Waals surface area contributed by atoms with Crippen molar-refractivity contribution in [2.75, 3.05) is 40.8 Å². The van der Waals surface area contributed by atoms with Gasteiger partial charge in [0.05, 0.1) is 0 Å². The maximum atomic E-state index is 3.71. The van der Waals surface area contributed by atoms with Crippen LogP contribution in [0, 0.1) is 0 Å². The van der Waals surface area contributed by atoms with Crippen LogP contribution in [-0.2, 0) is 0 Å². The molecule has 0 aromatic rings. The minimum Gasteiger partial charge on any atom is -0.309 e. The van der Waals surface area contributed by atoms with Crippen LogP contribution in [0.3, 0.4) is 0 Å². The number of rotatable bonds is 7. The van der Waals surface area contributed by atoms with Gasteiger partial charge in [0.2, 0.25) is 0 Å². The van der Waals surface area contributed by atoms with Crippen LogP contribution < -0.4 is 0 Å². The van der Waals surface area contributed by atoms with Gasteiger partial charge in [0, 0.05) is 6.54 Å². The van der Waals surface area contributed by atoms with Crippen molar-refractivity contribution in [3.8, 4) is 0 Å². The SMILES string of the molecule is C=CCCN(C)CCCN(C)C. The highest BCUT2D eigenvalue weighted by molar-refractivity contribution is 4.68. The molecule has 0 amide bonds. The van der Waals surface area contributed by atoms with E-state index in [1.165, 1.54) is 19.5 Å². The van der Waals surface area contributed by atoms with Crippen LogP contribution >= 0.6 is 0 Å². The normalized spacial score (nSPS) is 11.1. The summed E-state index contributed by atoms with van der Waals surface area (Å²) in [4.78, 5) is 4.58. The fourth-order valence-electron chi connectivity index (χ4n) is 1.08. The van der Waals surface area contributed by atoms with E-state index in [2.05, 4.69) is 37.5 Å². The molecule has 0 saturated heterocycles. The smallest absolute Gasteiger partial charge is 0.00128 e. The molecule has 0 fully saturated rings. The maximum absolute atomic E-state index is 3.71. The zero-order chi connectivity index (χ0) is 9.40. The van der Waals surface area contributed by atoms with Crippen LogP contribution in [0.5, 0.6) is 0 Å². The maximum Gasteiger partial charge on any atom is 0.00128 e. The molecular weight excluding hydrogens is 148 g/mol. The molecule has 72 valence electrons. The van der Waals surface area contributed by atoms with Crippen molar-refractivity contribution >= 4 is 0 Å². The first-order valence-corrected chi connectivity index (χ1v) is 4.61. The fraction of sp³-hybridized carbons (Fsp3) is 0.800. The van der Waals surface area contributed by atoms with E-state index in [0.717, 1.165) is 13.0 Å². The standard InChI is InChI=1S/C10H22N2/c1-5-6-9-12(4)10-7-8-11(2)3/h5H,1,6-10H2,2-4H3. The predicted molar refractivity (Wildman–Crippen MR) is 55.5 cm³/mol. The van der Waals surface area contributed by atoms with E-state index in [4.69, 9.17) is 0 Å². The predicted octanol–water partition coefficient (Wildman–Crippen LogP) is 1.45. The van der Waals surface area contributed by atoms with E-state index >= 15 is 0 Å². The van der Waals surface area contributed by atoms with Crippen LogP contribution in [0.4, 0.5) is 0 Å². The summed E-state index contributed by atoms with van der Waals surface area (Å²) >= 11 is 0. The van der Waals surface area contributed by atoms with Gasteiger partial charge in [-0.2, -0.15) is 0 Å². The first-order chi connectivity index (χ1) is 5.66. The Kier molecular flexibility index (Phi) is 7.11. The van der Waals surface area contributed by atoms with Crippen molar-refractivity contribution in [3.63, 3.8) is 0 Å². The molecular formula is C10H22N2. The highest BCUT2D eigenvalue weighted by Gasteiger charge is 1.96. The van der Waals surface area contributed by atoms with E-state index in [-0.39, 0.29) is 0 Å². The molecule has 0 rings (SSSR count). The Hall–Kier alpha value is -0.340. The quantitative estimate of drug-likeness (QED) is 0.534. The molecule has 0 saturated carbocycles. The molecule has 0 unspecified atom stereocenters. The third-order valence-electron chi connectivity index (χ3n) is 1.86. The average molecular weight is 170 g/mol. The number of hydrogen-bond acceptors (Lipinski definition) is 2. The molecule has 0 aliphatic rings. The Labute approximate surface area is 76.9 Å². The molecule has 0 bridgehead atoms. The molecule has 0 N–H and O–H groups in total. The van der Waals surface area contributed by atoms with Crippen molar-refractivity contribution < 1.29 is 0 Å². The highest BCUT2D eigenvalue weighted by atomic mass is 15.1. The zero-order valence-electron chi connectivity index (χ0n) is 8.71. The molecule has 0 aromatic heterocycles. The van der Waals surface area contributed by atoms with E-state index in [1.807, 2.05) is 6.08 Å². The van der Waals surface area contributed by atoms with Gasteiger partial charge in [-0.25, -0.2) is 0 Å². The van der Waals surface area contributed by atoms with Crippen molar-refractivity contribution in [2.24, 2.45) is 0 Å². The summed E-state index contributed by atoms with van der Waals surface area (Å²) in [5.41, 5.74) is 0. The van der Waals surface area contributed by atoms with Gasteiger partial charge in [-0.05, 0) is 47.1 Å². The van der Waals surface area contributed by atoms with Crippen LogP contribution in [0.1, 0.15) is 12.8 Å². The van der Waals surface area contributed by atoms with Gasteiger partial charge in [0.25, 0.3) is 0 Å². The lowest BCUT2D eigenvalue weighted by Crippen LogP contribution is -2.24. The minimum absolute atomic E-state index is 1.10. The molecule has 0 spiro atoms. The summed E-state index contributed by atoms with van der Waals surface area (Å²) in [7, 11) is 6.40. The lowest BCUT2D eigenvalue weighted by atomic mass is 10.3. The Morgan fingerprint density at radius 2 is 1.75 bits per heavy atom. The van der Waals surface area contributed by atoms with E-state index in [0.29, 0.717) is 0 Å². The van der Waals surface area contributed by atoms with Gasteiger partial charge in [0.1, 0.15) is 0 Å². The fourth-order valence-corrected chi connectivity index (χ4v) is 1.08. The van der Waals surface area contributed by atoms with E-state index in [9.17, 15) is 0 Å². The average Bonchev–Trinajstić information content (AvgIpc) is 2.00. The van der Waals surface area contributed by atoms with Crippen molar-refractivity contribution in [1.29, 1.82) is 0 Å². The Morgan fingerprint density at radius 3 is 2.25 bits per heavy atom. The molecule has 0 heterocycles. The largest absolute Gasteiger partial charge is 0.309 e. The molecule has 0 aliphatic heterocycles.